The standard InChI is InChI=1S/C29H35FN8O.C2H2/c1-5-21(4)27(32-16-20(2)3)22-7-6-8-23(15-22)35-25-10-9-24(31-17-25)18-34-37-29-33-19-26(30)28(36-29)38-11-13-39-14-12-38;1-2/h6-10,15-19,21,35H,5,11-14H2,1-4H3,(H,33,36,37);1-2H/b32-27?,34-18+;. The zero-order valence-electron chi connectivity index (χ0n) is 24.0. The number of anilines is 4. The fourth-order valence-electron chi connectivity index (χ4n) is 3.92. The summed E-state index contributed by atoms with van der Waals surface area (Å²) in [5.41, 5.74) is 8.53. The van der Waals surface area contributed by atoms with Crippen molar-refractivity contribution in [2.45, 2.75) is 34.1 Å². The molecule has 1 atom stereocenters. The van der Waals surface area contributed by atoms with E-state index >= 15 is 0 Å². The van der Waals surface area contributed by atoms with Crippen LogP contribution in [0.3, 0.4) is 0 Å². The third kappa shape index (κ3) is 9.22. The molecule has 9 nitrogen and oxygen atoms in total. The minimum atomic E-state index is -0.474. The highest BCUT2D eigenvalue weighted by molar-refractivity contribution is 6.03. The summed E-state index contributed by atoms with van der Waals surface area (Å²) in [5, 5.41) is 7.57. The lowest BCUT2D eigenvalue weighted by Gasteiger charge is -2.27. The fourth-order valence-corrected chi connectivity index (χ4v) is 3.92. The molecule has 0 bridgehead atoms. The van der Waals surface area contributed by atoms with Crippen LogP contribution in [0.2, 0.25) is 0 Å². The Hall–Kier alpha value is -4.62. The maximum Gasteiger partial charge on any atom is 0.245 e. The first kappa shape index (κ1) is 30.9. The molecule has 41 heavy (non-hydrogen) atoms. The number of ether oxygens (including phenoxy) is 1. The summed E-state index contributed by atoms with van der Waals surface area (Å²) in [6, 6.07) is 12.0. The summed E-state index contributed by atoms with van der Waals surface area (Å²) in [5.74, 6) is 0.314. The molecule has 3 heterocycles. The third-order valence-electron chi connectivity index (χ3n) is 6.17. The number of benzene rings is 1. The van der Waals surface area contributed by atoms with Crippen molar-refractivity contribution in [3.05, 3.63) is 77.6 Å². The molecular weight excluding hydrogens is 519 g/mol. The van der Waals surface area contributed by atoms with E-state index < -0.39 is 5.82 Å². The number of hydrogen-bond donors (Lipinski definition) is 2. The highest BCUT2D eigenvalue weighted by Gasteiger charge is 2.17. The molecule has 0 radical (unpaired) electrons. The van der Waals surface area contributed by atoms with Crippen molar-refractivity contribution in [3.8, 4) is 12.8 Å². The van der Waals surface area contributed by atoms with Gasteiger partial charge in [0.05, 0.1) is 48.9 Å². The topological polar surface area (TPSA) is 99.9 Å². The van der Waals surface area contributed by atoms with Gasteiger partial charge in [-0.15, -0.1) is 12.8 Å². The van der Waals surface area contributed by atoms with Crippen molar-refractivity contribution in [3.63, 3.8) is 0 Å². The first-order valence-electron chi connectivity index (χ1n) is 13.4. The summed E-state index contributed by atoms with van der Waals surface area (Å²) in [7, 11) is 0. The number of hydrogen-bond acceptors (Lipinski definition) is 9. The second-order valence-electron chi connectivity index (χ2n) is 9.54. The van der Waals surface area contributed by atoms with E-state index in [4.69, 9.17) is 9.73 Å². The number of hydrazone groups is 1. The summed E-state index contributed by atoms with van der Waals surface area (Å²) in [4.78, 5) is 19.3. The minimum absolute atomic E-state index is 0.206. The Kier molecular flexibility index (Phi) is 11.9. The van der Waals surface area contributed by atoms with Gasteiger partial charge in [0.1, 0.15) is 0 Å². The number of nitrogens with zero attached hydrogens (tertiary/aromatic N) is 6. The molecule has 1 aliphatic heterocycles. The number of allylic oxidation sites excluding steroid dienone is 1. The van der Waals surface area contributed by atoms with Gasteiger partial charge in [-0.25, -0.2) is 14.8 Å². The molecule has 3 aromatic rings. The van der Waals surface area contributed by atoms with Crippen LogP contribution in [-0.4, -0.2) is 53.2 Å². The van der Waals surface area contributed by atoms with Gasteiger partial charge >= 0.3 is 0 Å². The molecule has 1 fully saturated rings. The van der Waals surface area contributed by atoms with Gasteiger partial charge in [0.25, 0.3) is 0 Å². The molecule has 10 heteroatoms. The Labute approximate surface area is 241 Å². The van der Waals surface area contributed by atoms with Gasteiger partial charge in [0, 0.05) is 25.0 Å². The van der Waals surface area contributed by atoms with Crippen LogP contribution in [-0.2, 0) is 4.74 Å². The Morgan fingerprint density at radius 1 is 1.12 bits per heavy atom. The molecule has 4 rings (SSSR count). The average Bonchev–Trinajstić information content (AvgIpc) is 3.00. The highest BCUT2D eigenvalue weighted by atomic mass is 19.1. The molecule has 1 aliphatic rings. The van der Waals surface area contributed by atoms with Gasteiger partial charge in [-0.3, -0.25) is 9.98 Å². The van der Waals surface area contributed by atoms with Crippen LogP contribution in [0.15, 0.2) is 70.7 Å². The zero-order chi connectivity index (χ0) is 29.6. The fraction of sp³-hybridized carbons (Fsp3) is 0.323. The number of morpholine rings is 1. The SMILES string of the molecule is C#C.CCC(C)C(=NC=C(C)C)c1cccc(Nc2ccc(/C=N/Nc3ncc(F)c(N4CCOCC4)n3)nc2)c1. The highest BCUT2D eigenvalue weighted by Crippen LogP contribution is 2.21. The molecule has 0 spiro atoms. The zero-order valence-corrected chi connectivity index (χ0v) is 24.0. The van der Waals surface area contributed by atoms with Crippen molar-refractivity contribution < 1.29 is 9.13 Å². The summed E-state index contributed by atoms with van der Waals surface area (Å²) >= 11 is 0. The maximum absolute atomic E-state index is 14.2. The van der Waals surface area contributed by atoms with Gasteiger partial charge in [0.2, 0.25) is 5.95 Å². The number of pyridine rings is 1. The van der Waals surface area contributed by atoms with Crippen LogP contribution in [0.5, 0.6) is 0 Å². The van der Waals surface area contributed by atoms with Crippen LogP contribution in [0.25, 0.3) is 0 Å². The Morgan fingerprint density at radius 2 is 1.90 bits per heavy atom. The average molecular weight is 557 g/mol. The van der Waals surface area contributed by atoms with Gasteiger partial charge in [-0.2, -0.15) is 10.1 Å². The molecule has 0 saturated carbocycles. The van der Waals surface area contributed by atoms with E-state index in [9.17, 15) is 4.39 Å². The molecule has 0 aliphatic carbocycles. The molecule has 2 aromatic heterocycles. The van der Waals surface area contributed by atoms with E-state index in [1.165, 1.54) is 0 Å². The predicted octanol–water partition coefficient (Wildman–Crippen LogP) is 6.05. The van der Waals surface area contributed by atoms with Gasteiger partial charge in [-0.05, 0) is 56.0 Å². The van der Waals surface area contributed by atoms with Gasteiger partial charge < -0.3 is 15.0 Å². The van der Waals surface area contributed by atoms with Crippen molar-refractivity contribution in [2.24, 2.45) is 16.0 Å². The monoisotopic (exact) mass is 556 g/mol. The van der Waals surface area contributed by atoms with Crippen molar-refractivity contribution >= 4 is 35.1 Å². The number of nitrogens with one attached hydrogen (secondary N) is 2. The summed E-state index contributed by atoms with van der Waals surface area (Å²) in [6.07, 6.45) is 15.4. The first-order valence-corrected chi connectivity index (χ1v) is 13.4. The van der Waals surface area contributed by atoms with E-state index in [2.05, 4.69) is 69.6 Å². The molecule has 214 valence electrons. The molecule has 1 aromatic carbocycles. The number of aliphatic imine (C=N–C) groups is 1. The number of aromatic nitrogens is 3. The van der Waals surface area contributed by atoms with Crippen LogP contribution >= 0.6 is 0 Å². The summed E-state index contributed by atoms with van der Waals surface area (Å²) in [6.45, 7) is 10.7. The maximum atomic E-state index is 14.2. The molecule has 0 amide bonds. The quantitative estimate of drug-likeness (QED) is 0.178. The third-order valence-corrected chi connectivity index (χ3v) is 6.17. The molecule has 1 saturated heterocycles. The lowest BCUT2D eigenvalue weighted by atomic mass is 9.95. The van der Waals surface area contributed by atoms with E-state index in [0.29, 0.717) is 37.9 Å². The minimum Gasteiger partial charge on any atom is -0.378 e. The van der Waals surface area contributed by atoms with Crippen LogP contribution in [0.1, 0.15) is 45.4 Å². The molecular formula is C31H37FN8O. The number of rotatable bonds is 10. The molecule has 2 N–H and O–H groups in total. The van der Waals surface area contributed by atoms with E-state index in [-0.39, 0.29) is 11.8 Å². The predicted molar refractivity (Wildman–Crippen MR) is 166 cm³/mol. The largest absolute Gasteiger partial charge is 0.378 e. The second kappa shape index (κ2) is 15.8. The van der Waals surface area contributed by atoms with Gasteiger partial charge in [-0.1, -0.05) is 31.6 Å². The Morgan fingerprint density at radius 3 is 2.59 bits per heavy atom. The number of halogens is 1. The Balaban J connectivity index is 0.00000226. The van der Waals surface area contributed by atoms with E-state index in [1.807, 2.05) is 49.2 Å². The molecule has 1 unspecified atom stereocenters. The van der Waals surface area contributed by atoms with Crippen molar-refractivity contribution in [2.75, 3.05) is 41.9 Å². The normalized spacial score (nSPS) is 14.1. The van der Waals surface area contributed by atoms with Crippen LogP contribution in [0, 0.1) is 24.6 Å². The Bertz CT molecular complexity index is 1370. The van der Waals surface area contributed by atoms with Crippen LogP contribution < -0.4 is 15.6 Å². The van der Waals surface area contributed by atoms with Crippen LogP contribution in [0.4, 0.5) is 27.5 Å². The lowest BCUT2D eigenvalue weighted by Crippen LogP contribution is -2.37. The lowest BCUT2D eigenvalue weighted by molar-refractivity contribution is 0.122. The summed E-state index contributed by atoms with van der Waals surface area (Å²) < 4.78 is 19.5. The van der Waals surface area contributed by atoms with Crippen molar-refractivity contribution in [1.82, 2.24) is 15.0 Å². The first-order chi connectivity index (χ1) is 19.9. The van der Waals surface area contributed by atoms with E-state index in [0.717, 1.165) is 40.8 Å². The van der Waals surface area contributed by atoms with Crippen molar-refractivity contribution in [1.29, 1.82) is 0 Å². The number of terminal acetylenes is 1. The second-order valence-corrected chi connectivity index (χ2v) is 9.54. The van der Waals surface area contributed by atoms with E-state index in [1.54, 1.807) is 12.4 Å². The smallest absolute Gasteiger partial charge is 0.245 e. The van der Waals surface area contributed by atoms with Gasteiger partial charge in [0.15, 0.2) is 11.6 Å².